The van der Waals surface area contributed by atoms with Gasteiger partial charge in [-0.05, 0) is 38.1 Å². The minimum atomic E-state index is 0.346. The number of benzene rings is 2. The second-order valence-corrected chi connectivity index (χ2v) is 5.69. The molecular weight excluding hydrogens is 284 g/mol. The molecule has 3 N–H and O–H groups in total. The van der Waals surface area contributed by atoms with E-state index in [9.17, 15) is 0 Å². The van der Waals surface area contributed by atoms with E-state index in [1.165, 1.54) is 0 Å². The van der Waals surface area contributed by atoms with Gasteiger partial charge in [0.1, 0.15) is 11.7 Å². The summed E-state index contributed by atoms with van der Waals surface area (Å²) >= 11 is 0. The van der Waals surface area contributed by atoms with Crippen molar-refractivity contribution >= 4 is 17.4 Å². The highest BCUT2D eigenvalue weighted by atomic mass is 15.0. The normalized spacial score (nSPS) is 17.2. The molecule has 0 spiro atoms. The van der Waals surface area contributed by atoms with Crippen LogP contribution < -0.4 is 11.1 Å². The number of amidine groups is 2. The van der Waals surface area contributed by atoms with E-state index in [1.807, 2.05) is 60.7 Å². The molecule has 23 heavy (non-hydrogen) atoms. The zero-order valence-corrected chi connectivity index (χ0v) is 13.2. The molecule has 1 aliphatic rings. The fourth-order valence-electron chi connectivity index (χ4n) is 2.72. The molecule has 1 saturated heterocycles. The largest absolute Gasteiger partial charge is 0.383 e. The van der Waals surface area contributed by atoms with Crippen molar-refractivity contribution in [3.8, 4) is 0 Å². The minimum absolute atomic E-state index is 0.346. The van der Waals surface area contributed by atoms with E-state index >= 15 is 0 Å². The maximum Gasteiger partial charge on any atom is 0.134 e. The molecule has 0 radical (unpaired) electrons. The van der Waals surface area contributed by atoms with E-state index < -0.39 is 0 Å². The molecule has 1 heterocycles. The summed E-state index contributed by atoms with van der Waals surface area (Å²) in [5.74, 6) is 1.71. The Morgan fingerprint density at radius 1 is 0.913 bits per heavy atom. The molecule has 2 aromatic rings. The quantitative estimate of drug-likeness (QED) is 0.676. The first-order valence-corrected chi connectivity index (χ1v) is 8.07. The summed E-state index contributed by atoms with van der Waals surface area (Å²) in [5.41, 5.74) is 8.06. The Labute approximate surface area is 137 Å². The van der Waals surface area contributed by atoms with E-state index in [2.05, 4.69) is 10.3 Å². The molecule has 0 atom stereocenters. The van der Waals surface area contributed by atoms with Crippen LogP contribution in [-0.4, -0.2) is 24.8 Å². The van der Waals surface area contributed by atoms with Crippen molar-refractivity contribution in [2.24, 2.45) is 21.6 Å². The minimum Gasteiger partial charge on any atom is -0.383 e. The lowest BCUT2D eigenvalue weighted by Crippen LogP contribution is -2.32. The molecule has 4 nitrogen and oxygen atoms in total. The summed E-state index contributed by atoms with van der Waals surface area (Å²) < 4.78 is 0. The van der Waals surface area contributed by atoms with Crippen LogP contribution in [0.25, 0.3) is 0 Å². The number of rotatable bonds is 3. The van der Waals surface area contributed by atoms with Gasteiger partial charge in [0.25, 0.3) is 0 Å². The van der Waals surface area contributed by atoms with Gasteiger partial charge >= 0.3 is 0 Å². The summed E-state index contributed by atoms with van der Waals surface area (Å²) in [6, 6.07) is 19.8. The number of nitrogens with two attached hydrogens (primary N) is 1. The van der Waals surface area contributed by atoms with Gasteiger partial charge < -0.3 is 11.1 Å². The highest BCUT2D eigenvalue weighted by Gasteiger charge is 2.19. The van der Waals surface area contributed by atoms with E-state index in [-0.39, 0.29) is 0 Å². The number of nitrogens with one attached hydrogen (secondary N) is 1. The standard InChI is InChI=1S/C19H22N4/c20-18(15-7-3-1-4-8-15)23-19(16-11-13-21-14-12-16)22-17-9-5-2-6-10-17/h1-10,16,21H,11-14H2,(H2,20,22,23). The van der Waals surface area contributed by atoms with Crippen molar-refractivity contribution in [3.63, 3.8) is 0 Å². The number of nitrogens with zero attached hydrogens (tertiary/aromatic N) is 2. The molecule has 2 aromatic carbocycles. The first kappa shape index (κ1) is 15.4. The monoisotopic (exact) mass is 306 g/mol. The van der Waals surface area contributed by atoms with Gasteiger partial charge in [0, 0.05) is 11.5 Å². The van der Waals surface area contributed by atoms with Gasteiger partial charge in [-0.25, -0.2) is 9.98 Å². The molecule has 0 amide bonds. The fourth-order valence-corrected chi connectivity index (χ4v) is 2.72. The number of piperidine rings is 1. The second-order valence-electron chi connectivity index (χ2n) is 5.69. The lowest BCUT2D eigenvalue weighted by atomic mass is 9.96. The molecule has 0 aliphatic carbocycles. The van der Waals surface area contributed by atoms with Crippen LogP contribution in [0.1, 0.15) is 18.4 Å². The Morgan fingerprint density at radius 3 is 2.17 bits per heavy atom. The van der Waals surface area contributed by atoms with Crippen LogP contribution in [-0.2, 0) is 0 Å². The van der Waals surface area contributed by atoms with Crippen molar-refractivity contribution in [2.45, 2.75) is 12.8 Å². The van der Waals surface area contributed by atoms with Crippen LogP contribution in [0.2, 0.25) is 0 Å². The average Bonchev–Trinajstić information content (AvgIpc) is 2.63. The number of hydrogen-bond donors (Lipinski definition) is 2. The first-order chi connectivity index (χ1) is 11.3. The summed E-state index contributed by atoms with van der Waals surface area (Å²) in [7, 11) is 0. The van der Waals surface area contributed by atoms with Gasteiger partial charge in [-0.15, -0.1) is 0 Å². The Kier molecular flexibility index (Phi) is 5.17. The van der Waals surface area contributed by atoms with E-state index in [0.717, 1.165) is 43.0 Å². The van der Waals surface area contributed by atoms with Crippen molar-refractivity contribution < 1.29 is 0 Å². The molecule has 3 rings (SSSR count). The highest BCUT2D eigenvalue weighted by molar-refractivity contribution is 6.06. The summed E-state index contributed by atoms with van der Waals surface area (Å²) in [4.78, 5) is 9.45. The lowest BCUT2D eigenvalue weighted by molar-refractivity contribution is 0.454. The Balaban J connectivity index is 1.93. The Hall–Kier alpha value is -2.46. The lowest BCUT2D eigenvalue weighted by Gasteiger charge is -2.22. The maximum absolute atomic E-state index is 6.21. The maximum atomic E-state index is 6.21. The highest BCUT2D eigenvalue weighted by Crippen LogP contribution is 2.20. The molecule has 118 valence electrons. The van der Waals surface area contributed by atoms with Crippen LogP contribution in [0, 0.1) is 5.92 Å². The van der Waals surface area contributed by atoms with Gasteiger partial charge in [-0.1, -0.05) is 48.5 Å². The van der Waals surface area contributed by atoms with E-state index in [4.69, 9.17) is 10.7 Å². The molecule has 0 bridgehead atoms. The third kappa shape index (κ3) is 4.27. The number of para-hydroxylation sites is 1. The first-order valence-electron chi connectivity index (χ1n) is 8.07. The molecule has 0 aromatic heterocycles. The number of hydrogen-bond acceptors (Lipinski definition) is 2. The van der Waals surface area contributed by atoms with Crippen LogP contribution >= 0.6 is 0 Å². The van der Waals surface area contributed by atoms with Crippen LogP contribution in [0.4, 0.5) is 5.69 Å². The van der Waals surface area contributed by atoms with Crippen molar-refractivity contribution in [3.05, 3.63) is 66.2 Å². The predicted octanol–water partition coefficient (Wildman–Crippen LogP) is 3.12. The van der Waals surface area contributed by atoms with Crippen molar-refractivity contribution in [1.29, 1.82) is 0 Å². The van der Waals surface area contributed by atoms with Gasteiger partial charge in [-0.2, -0.15) is 0 Å². The van der Waals surface area contributed by atoms with Gasteiger partial charge in [0.2, 0.25) is 0 Å². The average molecular weight is 306 g/mol. The number of aliphatic imine (C=N–C) groups is 2. The smallest absolute Gasteiger partial charge is 0.134 e. The molecule has 4 heteroatoms. The fraction of sp³-hybridized carbons (Fsp3) is 0.263. The molecule has 0 unspecified atom stereocenters. The topological polar surface area (TPSA) is 62.8 Å². The molecule has 0 saturated carbocycles. The van der Waals surface area contributed by atoms with Crippen LogP contribution in [0.5, 0.6) is 0 Å². The van der Waals surface area contributed by atoms with Gasteiger partial charge in [0.15, 0.2) is 0 Å². The predicted molar refractivity (Wildman–Crippen MR) is 96.3 cm³/mol. The van der Waals surface area contributed by atoms with Crippen molar-refractivity contribution in [2.75, 3.05) is 13.1 Å². The second kappa shape index (κ2) is 7.70. The SMILES string of the molecule is NC(=NC(=Nc1ccccc1)C1CCNCC1)c1ccccc1. The summed E-state index contributed by atoms with van der Waals surface area (Å²) in [6.07, 6.45) is 2.08. The zero-order valence-electron chi connectivity index (χ0n) is 13.2. The molecule has 1 fully saturated rings. The van der Waals surface area contributed by atoms with E-state index in [0.29, 0.717) is 11.8 Å². The van der Waals surface area contributed by atoms with Crippen LogP contribution in [0.15, 0.2) is 70.6 Å². The van der Waals surface area contributed by atoms with Crippen molar-refractivity contribution in [1.82, 2.24) is 5.32 Å². The Morgan fingerprint density at radius 2 is 1.52 bits per heavy atom. The molecule has 1 aliphatic heterocycles. The summed E-state index contributed by atoms with van der Waals surface area (Å²) in [5, 5.41) is 3.38. The Bertz CT molecular complexity index is 671. The van der Waals surface area contributed by atoms with Gasteiger partial charge in [0.05, 0.1) is 5.69 Å². The molecular formula is C19H22N4. The van der Waals surface area contributed by atoms with Crippen LogP contribution in [0.3, 0.4) is 0 Å². The summed E-state index contributed by atoms with van der Waals surface area (Å²) in [6.45, 7) is 2.00. The zero-order chi connectivity index (χ0) is 15.9. The van der Waals surface area contributed by atoms with Gasteiger partial charge in [-0.3, -0.25) is 0 Å². The van der Waals surface area contributed by atoms with E-state index in [1.54, 1.807) is 0 Å². The third-order valence-electron chi connectivity index (χ3n) is 4.01. The third-order valence-corrected chi connectivity index (χ3v) is 4.01.